The smallest absolute Gasteiger partial charge is 0.278 e. The van der Waals surface area contributed by atoms with E-state index in [-0.39, 0.29) is 4.90 Å². The Kier molecular flexibility index (Phi) is 6.72. The van der Waals surface area contributed by atoms with Gasteiger partial charge in [0.15, 0.2) is 6.61 Å². The molecule has 0 atom stereocenters. The standard InChI is InChI=1S/C24H24ClNO4S/c1-16-10-11-17(2)22(12-16)26(31(28,29)21-8-6-5-7-9-21)23(27)15-30-20-13-18(3)24(25)19(4)14-20/h5-14H,15H2,1-4H3. The second-order valence-corrected chi connectivity index (χ2v) is 9.59. The van der Waals surface area contributed by atoms with Gasteiger partial charge in [0.25, 0.3) is 15.9 Å². The fourth-order valence-electron chi connectivity index (χ4n) is 3.23. The van der Waals surface area contributed by atoms with Crippen molar-refractivity contribution in [3.8, 4) is 5.75 Å². The molecule has 31 heavy (non-hydrogen) atoms. The molecule has 0 heterocycles. The highest BCUT2D eigenvalue weighted by molar-refractivity contribution is 7.93. The number of nitrogens with zero attached hydrogens (tertiary/aromatic N) is 1. The van der Waals surface area contributed by atoms with Gasteiger partial charge in [-0.15, -0.1) is 0 Å². The molecule has 7 heteroatoms. The lowest BCUT2D eigenvalue weighted by Crippen LogP contribution is -2.40. The minimum atomic E-state index is -4.14. The Morgan fingerprint density at radius 2 is 1.52 bits per heavy atom. The number of anilines is 1. The molecule has 0 aliphatic carbocycles. The van der Waals surface area contributed by atoms with Crippen LogP contribution in [0, 0.1) is 27.7 Å². The topological polar surface area (TPSA) is 63.7 Å². The number of carbonyl (C=O) groups excluding carboxylic acids is 1. The Labute approximate surface area is 188 Å². The highest BCUT2D eigenvalue weighted by atomic mass is 35.5. The summed E-state index contributed by atoms with van der Waals surface area (Å²) >= 11 is 6.19. The summed E-state index contributed by atoms with van der Waals surface area (Å²) in [4.78, 5) is 13.3. The zero-order valence-electron chi connectivity index (χ0n) is 17.8. The maximum atomic E-state index is 13.4. The molecule has 0 radical (unpaired) electrons. The van der Waals surface area contributed by atoms with E-state index in [4.69, 9.17) is 16.3 Å². The lowest BCUT2D eigenvalue weighted by Gasteiger charge is -2.25. The quantitative estimate of drug-likeness (QED) is 0.498. The van der Waals surface area contributed by atoms with Gasteiger partial charge in [0.2, 0.25) is 0 Å². The summed E-state index contributed by atoms with van der Waals surface area (Å²) in [6.07, 6.45) is 0. The van der Waals surface area contributed by atoms with Crippen LogP contribution in [0.4, 0.5) is 5.69 Å². The van der Waals surface area contributed by atoms with Crippen LogP contribution in [-0.4, -0.2) is 20.9 Å². The monoisotopic (exact) mass is 457 g/mol. The number of ether oxygens (including phenoxy) is 1. The highest BCUT2D eigenvalue weighted by Crippen LogP contribution is 2.29. The van der Waals surface area contributed by atoms with E-state index in [1.165, 1.54) is 12.1 Å². The molecule has 162 valence electrons. The number of benzene rings is 3. The zero-order chi connectivity index (χ0) is 22.8. The summed E-state index contributed by atoms with van der Waals surface area (Å²) in [5.74, 6) is -0.242. The van der Waals surface area contributed by atoms with Crippen molar-refractivity contribution in [3.05, 3.63) is 87.9 Å². The summed E-state index contributed by atoms with van der Waals surface area (Å²) in [6.45, 7) is 6.84. The van der Waals surface area contributed by atoms with E-state index in [1.807, 2.05) is 26.8 Å². The number of sulfonamides is 1. The van der Waals surface area contributed by atoms with Gasteiger partial charge >= 0.3 is 0 Å². The van der Waals surface area contributed by atoms with Gasteiger partial charge in [-0.1, -0.05) is 41.9 Å². The van der Waals surface area contributed by atoms with Gasteiger partial charge in [-0.25, -0.2) is 8.42 Å². The number of carbonyl (C=O) groups is 1. The Balaban J connectivity index is 2.00. The van der Waals surface area contributed by atoms with Gasteiger partial charge in [-0.2, -0.15) is 4.31 Å². The van der Waals surface area contributed by atoms with E-state index in [1.54, 1.807) is 49.4 Å². The Bertz CT molecular complexity index is 1200. The van der Waals surface area contributed by atoms with Gasteiger partial charge in [-0.05, 0) is 80.3 Å². The average molecular weight is 458 g/mol. The second-order valence-electron chi connectivity index (χ2n) is 7.43. The lowest BCUT2D eigenvalue weighted by molar-refractivity contribution is -0.119. The molecule has 0 saturated heterocycles. The first-order valence-electron chi connectivity index (χ1n) is 9.71. The third kappa shape index (κ3) is 4.92. The summed E-state index contributed by atoms with van der Waals surface area (Å²) < 4.78 is 33.4. The number of rotatable bonds is 6. The number of aryl methyl sites for hydroxylation is 4. The largest absolute Gasteiger partial charge is 0.484 e. The normalized spacial score (nSPS) is 11.3. The van der Waals surface area contributed by atoms with Crippen molar-refractivity contribution < 1.29 is 17.9 Å². The fourth-order valence-corrected chi connectivity index (χ4v) is 4.82. The van der Waals surface area contributed by atoms with E-state index in [0.29, 0.717) is 22.0 Å². The molecule has 0 spiro atoms. The molecule has 0 N–H and O–H groups in total. The molecule has 5 nitrogen and oxygen atoms in total. The molecule has 0 saturated carbocycles. The molecule has 3 aromatic rings. The van der Waals surface area contributed by atoms with Crippen molar-refractivity contribution in [2.75, 3.05) is 10.9 Å². The third-order valence-electron chi connectivity index (χ3n) is 4.86. The number of hydrogen-bond acceptors (Lipinski definition) is 4. The van der Waals surface area contributed by atoms with Crippen molar-refractivity contribution in [2.24, 2.45) is 0 Å². The van der Waals surface area contributed by atoms with E-state index in [9.17, 15) is 13.2 Å². The first-order chi connectivity index (χ1) is 14.6. The lowest BCUT2D eigenvalue weighted by atomic mass is 10.1. The van der Waals surface area contributed by atoms with Crippen LogP contribution in [0.3, 0.4) is 0 Å². The molecule has 3 aromatic carbocycles. The third-order valence-corrected chi connectivity index (χ3v) is 7.21. The zero-order valence-corrected chi connectivity index (χ0v) is 19.4. The molecule has 0 aliphatic heterocycles. The summed E-state index contributed by atoms with van der Waals surface area (Å²) in [5.41, 5.74) is 3.43. The van der Waals surface area contributed by atoms with Crippen LogP contribution in [0.5, 0.6) is 5.75 Å². The molecular formula is C24H24ClNO4S. The summed E-state index contributed by atoms with van der Waals surface area (Å²) in [6, 6.07) is 16.7. The molecule has 1 amide bonds. The summed E-state index contributed by atoms with van der Waals surface area (Å²) in [7, 11) is -4.14. The van der Waals surface area contributed by atoms with E-state index in [0.717, 1.165) is 21.0 Å². The Morgan fingerprint density at radius 3 is 2.13 bits per heavy atom. The van der Waals surface area contributed by atoms with E-state index < -0.39 is 22.5 Å². The minimum absolute atomic E-state index is 0.0300. The van der Waals surface area contributed by atoms with Crippen LogP contribution in [0.2, 0.25) is 5.02 Å². The number of hydrogen-bond donors (Lipinski definition) is 0. The van der Waals surface area contributed by atoms with Crippen molar-refractivity contribution >= 4 is 33.2 Å². The van der Waals surface area contributed by atoms with Gasteiger partial charge in [-0.3, -0.25) is 4.79 Å². The summed E-state index contributed by atoms with van der Waals surface area (Å²) in [5, 5.41) is 0.627. The van der Waals surface area contributed by atoms with Crippen molar-refractivity contribution in [3.63, 3.8) is 0 Å². The first kappa shape index (κ1) is 22.8. The Hall–Kier alpha value is -2.83. The molecule has 0 bridgehead atoms. The van der Waals surface area contributed by atoms with Crippen LogP contribution in [0.25, 0.3) is 0 Å². The molecule has 0 unspecified atom stereocenters. The second kappa shape index (κ2) is 9.12. The highest BCUT2D eigenvalue weighted by Gasteiger charge is 2.32. The van der Waals surface area contributed by atoms with Gasteiger partial charge in [0, 0.05) is 5.02 Å². The fraction of sp³-hybridized carbons (Fsp3) is 0.208. The number of amides is 1. The van der Waals surface area contributed by atoms with E-state index >= 15 is 0 Å². The van der Waals surface area contributed by atoms with Gasteiger partial charge in [0.1, 0.15) is 5.75 Å². The van der Waals surface area contributed by atoms with Crippen LogP contribution in [-0.2, 0) is 14.8 Å². The molecular weight excluding hydrogens is 434 g/mol. The first-order valence-corrected chi connectivity index (χ1v) is 11.5. The van der Waals surface area contributed by atoms with E-state index in [2.05, 4.69) is 0 Å². The van der Waals surface area contributed by atoms with Crippen LogP contribution >= 0.6 is 11.6 Å². The average Bonchev–Trinajstić information content (AvgIpc) is 2.73. The van der Waals surface area contributed by atoms with Gasteiger partial charge in [0.05, 0.1) is 10.6 Å². The van der Waals surface area contributed by atoms with Crippen LogP contribution < -0.4 is 9.04 Å². The van der Waals surface area contributed by atoms with Crippen molar-refractivity contribution in [1.82, 2.24) is 0 Å². The van der Waals surface area contributed by atoms with Crippen molar-refractivity contribution in [1.29, 1.82) is 0 Å². The predicted octanol–water partition coefficient (Wildman–Crippen LogP) is 5.37. The van der Waals surface area contributed by atoms with Crippen LogP contribution in [0.1, 0.15) is 22.3 Å². The Morgan fingerprint density at radius 1 is 0.903 bits per heavy atom. The molecule has 0 aliphatic rings. The SMILES string of the molecule is Cc1ccc(C)c(N(C(=O)COc2cc(C)c(Cl)c(C)c2)S(=O)(=O)c2ccccc2)c1. The molecule has 0 aromatic heterocycles. The molecule has 0 fully saturated rings. The number of halogens is 1. The minimum Gasteiger partial charge on any atom is -0.484 e. The maximum absolute atomic E-state index is 13.4. The maximum Gasteiger partial charge on any atom is 0.278 e. The van der Waals surface area contributed by atoms with Gasteiger partial charge < -0.3 is 4.74 Å². The van der Waals surface area contributed by atoms with Crippen LogP contribution in [0.15, 0.2) is 65.6 Å². The predicted molar refractivity (Wildman–Crippen MR) is 123 cm³/mol. The molecule has 3 rings (SSSR count). The van der Waals surface area contributed by atoms with Crippen molar-refractivity contribution in [2.45, 2.75) is 32.6 Å².